The number of nitrogens with one attached hydrogen (secondary N) is 1. The van der Waals surface area contributed by atoms with Gasteiger partial charge in [0.2, 0.25) is 0 Å². The number of anilines is 1. The molecule has 4 amide bonds. The Labute approximate surface area is 219 Å². The predicted molar refractivity (Wildman–Crippen MR) is 138 cm³/mol. The summed E-state index contributed by atoms with van der Waals surface area (Å²) in [5.74, 6) is -2.09. The van der Waals surface area contributed by atoms with Crippen molar-refractivity contribution in [3.63, 3.8) is 0 Å². The van der Waals surface area contributed by atoms with Crippen molar-refractivity contribution < 1.29 is 22.8 Å². The SMILES string of the molecule is CCCN(C(=O)N1C(=O)Nc2ccccc2C1c1ccc(F)c(F)c1)N1CCC(c2ccc(F)cc2)CC1. The smallest absolute Gasteiger partial charge is 0.307 e. The number of amides is 4. The maximum absolute atomic E-state index is 14.3. The van der Waals surface area contributed by atoms with Crippen LogP contribution in [0.15, 0.2) is 66.7 Å². The Balaban J connectivity index is 1.44. The summed E-state index contributed by atoms with van der Waals surface area (Å²) in [5, 5.41) is 6.30. The minimum Gasteiger partial charge on any atom is -0.307 e. The average Bonchev–Trinajstić information content (AvgIpc) is 2.93. The summed E-state index contributed by atoms with van der Waals surface area (Å²) in [6.45, 7) is 3.49. The molecule has 0 saturated carbocycles. The lowest BCUT2D eigenvalue weighted by molar-refractivity contribution is -0.0174. The third kappa shape index (κ3) is 4.98. The minimum atomic E-state index is -1.05. The molecule has 0 spiro atoms. The first-order valence-electron chi connectivity index (χ1n) is 12.8. The fourth-order valence-electron chi connectivity index (χ4n) is 5.36. The maximum atomic E-state index is 14.3. The van der Waals surface area contributed by atoms with Gasteiger partial charge in [0, 0.05) is 30.9 Å². The van der Waals surface area contributed by atoms with Gasteiger partial charge in [0.1, 0.15) is 5.82 Å². The van der Waals surface area contributed by atoms with E-state index in [2.05, 4.69) is 5.32 Å². The Kier molecular flexibility index (Phi) is 7.37. The van der Waals surface area contributed by atoms with E-state index in [-0.39, 0.29) is 11.7 Å². The van der Waals surface area contributed by atoms with Crippen molar-refractivity contribution in [1.29, 1.82) is 0 Å². The Morgan fingerprint density at radius 3 is 2.32 bits per heavy atom. The van der Waals surface area contributed by atoms with E-state index in [1.807, 2.05) is 11.9 Å². The summed E-state index contributed by atoms with van der Waals surface area (Å²) in [6, 6.07) is 14.9. The summed E-state index contributed by atoms with van der Waals surface area (Å²) in [5.41, 5.74) is 2.48. The topological polar surface area (TPSA) is 55.9 Å². The minimum absolute atomic E-state index is 0.241. The molecule has 2 aliphatic rings. The van der Waals surface area contributed by atoms with Gasteiger partial charge in [-0.2, -0.15) is 0 Å². The number of carbonyl (C=O) groups is 2. The zero-order chi connectivity index (χ0) is 26.8. The number of hydrogen-bond donors (Lipinski definition) is 1. The van der Waals surface area contributed by atoms with Crippen molar-refractivity contribution >= 4 is 17.7 Å². The fourth-order valence-corrected chi connectivity index (χ4v) is 5.36. The Hall–Kier alpha value is -3.85. The highest BCUT2D eigenvalue weighted by Gasteiger charge is 2.41. The van der Waals surface area contributed by atoms with Crippen LogP contribution in [0, 0.1) is 17.5 Å². The normalized spacial score (nSPS) is 18.2. The summed E-state index contributed by atoms with van der Waals surface area (Å²) in [7, 11) is 0. The standard InChI is InChI=1S/C29H29F3N4O2/c1-2-15-35(34-16-13-20(14-17-34)19-7-10-22(30)11-8-19)29(38)36-27(21-9-12-24(31)25(32)18-21)23-5-3-4-6-26(23)33-28(36)37/h3-12,18,20,27H,2,13-17H2,1H3,(H,33,37). The number of imide groups is 1. The van der Waals surface area contributed by atoms with Crippen molar-refractivity contribution in [2.24, 2.45) is 0 Å². The van der Waals surface area contributed by atoms with E-state index in [0.717, 1.165) is 35.4 Å². The molecule has 1 atom stereocenters. The van der Waals surface area contributed by atoms with E-state index in [1.165, 1.54) is 18.2 Å². The molecule has 1 unspecified atom stereocenters. The third-order valence-corrected chi connectivity index (χ3v) is 7.25. The number of piperidine rings is 1. The average molecular weight is 523 g/mol. The van der Waals surface area contributed by atoms with Crippen LogP contribution in [-0.2, 0) is 0 Å². The number of fused-ring (bicyclic) bond motifs is 1. The highest BCUT2D eigenvalue weighted by atomic mass is 19.2. The Morgan fingerprint density at radius 2 is 1.63 bits per heavy atom. The van der Waals surface area contributed by atoms with Crippen LogP contribution >= 0.6 is 0 Å². The molecule has 0 aromatic heterocycles. The second-order valence-electron chi connectivity index (χ2n) is 9.65. The van der Waals surface area contributed by atoms with Gasteiger partial charge in [-0.05, 0) is 66.6 Å². The van der Waals surface area contributed by atoms with E-state index in [1.54, 1.807) is 41.4 Å². The molecule has 198 valence electrons. The molecular weight excluding hydrogens is 493 g/mol. The number of carbonyl (C=O) groups excluding carboxylic acids is 2. The van der Waals surface area contributed by atoms with Crippen LogP contribution < -0.4 is 5.32 Å². The molecule has 2 aliphatic heterocycles. The number of urea groups is 2. The zero-order valence-corrected chi connectivity index (χ0v) is 21.0. The number of hydrazine groups is 1. The quantitative estimate of drug-likeness (QED) is 0.407. The van der Waals surface area contributed by atoms with Crippen LogP contribution in [0.25, 0.3) is 0 Å². The van der Waals surface area contributed by atoms with Gasteiger partial charge < -0.3 is 5.32 Å². The molecule has 0 aliphatic carbocycles. The monoisotopic (exact) mass is 522 g/mol. The van der Waals surface area contributed by atoms with Crippen molar-refractivity contribution in [2.75, 3.05) is 25.0 Å². The largest absolute Gasteiger partial charge is 0.343 e. The molecule has 2 heterocycles. The van der Waals surface area contributed by atoms with Gasteiger partial charge in [-0.25, -0.2) is 32.7 Å². The molecule has 38 heavy (non-hydrogen) atoms. The summed E-state index contributed by atoms with van der Waals surface area (Å²) >= 11 is 0. The first-order valence-corrected chi connectivity index (χ1v) is 12.8. The summed E-state index contributed by atoms with van der Waals surface area (Å²) < 4.78 is 41.4. The van der Waals surface area contributed by atoms with E-state index >= 15 is 0 Å². The highest BCUT2D eigenvalue weighted by molar-refractivity contribution is 6.04. The van der Waals surface area contributed by atoms with Crippen LogP contribution in [0.4, 0.5) is 28.4 Å². The molecule has 1 saturated heterocycles. The van der Waals surface area contributed by atoms with Crippen LogP contribution in [0.2, 0.25) is 0 Å². The zero-order valence-electron chi connectivity index (χ0n) is 21.0. The van der Waals surface area contributed by atoms with Crippen LogP contribution in [0.1, 0.15) is 54.8 Å². The second kappa shape index (κ2) is 10.9. The Morgan fingerprint density at radius 1 is 0.947 bits per heavy atom. The van der Waals surface area contributed by atoms with Gasteiger partial charge in [0.05, 0.1) is 6.04 Å². The van der Waals surface area contributed by atoms with Gasteiger partial charge in [0.25, 0.3) is 0 Å². The van der Waals surface area contributed by atoms with Crippen molar-refractivity contribution in [3.8, 4) is 0 Å². The van der Waals surface area contributed by atoms with E-state index in [9.17, 15) is 22.8 Å². The van der Waals surface area contributed by atoms with Gasteiger partial charge in [0.15, 0.2) is 11.6 Å². The van der Waals surface area contributed by atoms with Crippen molar-refractivity contribution in [3.05, 3.63) is 101 Å². The van der Waals surface area contributed by atoms with Crippen LogP contribution in [0.3, 0.4) is 0 Å². The molecule has 3 aromatic carbocycles. The molecule has 1 fully saturated rings. The van der Waals surface area contributed by atoms with Crippen LogP contribution in [0.5, 0.6) is 0 Å². The molecule has 5 rings (SSSR count). The third-order valence-electron chi connectivity index (χ3n) is 7.25. The van der Waals surface area contributed by atoms with E-state index < -0.39 is 29.7 Å². The lowest BCUT2D eigenvalue weighted by Crippen LogP contribution is -2.58. The maximum Gasteiger partial charge on any atom is 0.343 e. The highest BCUT2D eigenvalue weighted by Crippen LogP contribution is 2.39. The number of para-hydroxylation sites is 1. The number of benzene rings is 3. The summed E-state index contributed by atoms with van der Waals surface area (Å²) in [6.07, 6.45) is 2.19. The lowest BCUT2D eigenvalue weighted by atomic mass is 9.90. The first-order chi connectivity index (χ1) is 18.4. The van der Waals surface area contributed by atoms with Crippen LogP contribution in [-0.4, -0.2) is 46.6 Å². The van der Waals surface area contributed by atoms with E-state index in [0.29, 0.717) is 42.9 Å². The number of hydrogen-bond acceptors (Lipinski definition) is 3. The first kappa shape index (κ1) is 25.8. The summed E-state index contributed by atoms with van der Waals surface area (Å²) in [4.78, 5) is 28.5. The molecule has 0 bridgehead atoms. The molecule has 3 aromatic rings. The molecule has 0 radical (unpaired) electrons. The van der Waals surface area contributed by atoms with Gasteiger partial charge in [-0.1, -0.05) is 43.3 Å². The fraction of sp³-hybridized carbons (Fsp3) is 0.310. The second-order valence-corrected chi connectivity index (χ2v) is 9.65. The Bertz CT molecular complexity index is 1330. The number of nitrogens with zero attached hydrogens (tertiary/aromatic N) is 3. The van der Waals surface area contributed by atoms with Crippen molar-refractivity contribution in [1.82, 2.24) is 14.9 Å². The molecule has 6 nitrogen and oxygen atoms in total. The van der Waals surface area contributed by atoms with Gasteiger partial charge >= 0.3 is 12.1 Å². The molecule has 9 heteroatoms. The number of halogens is 3. The number of rotatable bonds is 5. The lowest BCUT2D eigenvalue weighted by Gasteiger charge is -2.44. The molecule has 1 N–H and O–H groups in total. The van der Waals surface area contributed by atoms with Crippen molar-refractivity contribution in [2.45, 2.75) is 38.1 Å². The predicted octanol–water partition coefficient (Wildman–Crippen LogP) is 6.67. The molecular formula is C29H29F3N4O2. The van der Waals surface area contributed by atoms with Gasteiger partial charge in [-0.15, -0.1) is 0 Å². The van der Waals surface area contributed by atoms with Gasteiger partial charge in [-0.3, -0.25) is 5.01 Å². The van der Waals surface area contributed by atoms with E-state index in [4.69, 9.17) is 0 Å².